The van der Waals surface area contributed by atoms with Crippen molar-refractivity contribution < 1.29 is 4.74 Å². The van der Waals surface area contributed by atoms with Crippen molar-refractivity contribution in [2.75, 3.05) is 0 Å². The zero-order valence-electron chi connectivity index (χ0n) is 8.23. The Morgan fingerprint density at radius 2 is 2.00 bits per heavy atom. The molecule has 1 heterocycles. The largest absolute Gasteiger partial charge is 0.472 e. The van der Waals surface area contributed by atoms with Crippen molar-refractivity contribution in [3.8, 4) is 5.88 Å². The maximum atomic E-state index is 6.01. The van der Waals surface area contributed by atoms with Crippen molar-refractivity contribution >= 4 is 23.2 Å². The van der Waals surface area contributed by atoms with E-state index in [1.54, 1.807) is 24.4 Å². The van der Waals surface area contributed by atoms with Gasteiger partial charge in [-0.05, 0) is 12.1 Å². The van der Waals surface area contributed by atoms with Gasteiger partial charge in [0.25, 0.3) is 0 Å². The average molecular weight is 255 g/mol. The Hall–Kier alpha value is -1.32. The number of hydrogen-bond donors (Lipinski definition) is 0. The third kappa shape index (κ3) is 2.62. The van der Waals surface area contributed by atoms with Gasteiger partial charge in [-0.2, -0.15) is 5.10 Å². The third-order valence-electron chi connectivity index (χ3n) is 1.95. The van der Waals surface area contributed by atoms with Crippen LogP contribution in [-0.4, -0.2) is 10.2 Å². The zero-order chi connectivity index (χ0) is 11.4. The van der Waals surface area contributed by atoms with E-state index in [0.717, 1.165) is 5.56 Å². The molecule has 0 atom stereocenters. The second kappa shape index (κ2) is 5.14. The minimum Gasteiger partial charge on any atom is -0.472 e. The van der Waals surface area contributed by atoms with E-state index in [-0.39, 0.29) is 0 Å². The summed E-state index contributed by atoms with van der Waals surface area (Å²) in [5, 5.41) is 8.52. The normalized spacial score (nSPS) is 10.1. The molecule has 0 aliphatic heterocycles. The van der Waals surface area contributed by atoms with Crippen molar-refractivity contribution in [2.24, 2.45) is 0 Å². The SMILES string of the molecule is Clc1cccc(COc2cccnn2)c1Cl. The first-order chi connectivity index (χ1) is 7.77. The van der Waals surface area contributed by atoms with Crippen molar-refractivity contribution in [3.05, 3.63) is 52.1 Å². The van der Waals surface area contributed by atoms with Crippen molar-refractivity contribution in [1.82, 2.24) is 10.2 Å². The van der Waals surface area contributed by atoms with Crippen LogP contribution in [0.25, 0.3) is 0 Å². The van der Waals surface area contributed by atoms with E-state index in [1.165, 1.54) is 0 Å². The molecule has 3 nitrogen and oxygen atoms in total. The van der Waals surface area contributed by atoms with Gasteiger partial charge in [-0.3, -0.25) is 0 Å². The highest BCUT2D eigenvalue weighted by atomic mass is 35.5. The van der Waals surface area contributed by atoms with E-state index in [0.29, 0.717) is 22.5 Å². The molecule has 0 radical (unpaired) electrons. The summed E-state index contributed by atoms with van der Waals surface area (Å²) in [4.78, 5) is 0. The second-order valence-corrected chi connectivity index (χ2v) is 3.85. The van der Waals surface area contributed by atoms with E-state index in [4.69, 9.17) is 27.9 Å². The molecule has 0 saturated heterocycles. The number of hydrogen-bond acceptors (Lipinski definition) is 3. The molecule has 5 heteroatoms. The molecular weight excluding hydrogens is 247 g/mol. The Morgan fingerprint density at radius 1 is 1.12 bits per heavy atom. The summed E-state index contributed by atoms with van der Waals surface area (Å²) in [6, 6.07) is 8.89. The number of nitrogens with zero attached hydrogens (tertiary/aromatic N) is 2. The van der Waals surface area contributed by atoms with E-state index in [1.807, 2.05) is 12.1 Å². The predicted octanol–water partition coefficient (Wildman–Crippen LogP) is 3.36. The second-order valence-electron chi connectivity index (χ2n) is 3.06. The molecule has 0 aliphatic carbocycles. The quantitative estimate of drug-likeness (QED) is 0.843. The molecule has 1 aromatic heterocycles. The first kappa shape index (κ1) is 11.2. The van der Waals surface area contributed by atoms with Gasteiger partial charge in [0.1, 0.15) is 6.61 Å². The van der Waals surface area contributed by atoms with Crippen LogP contribution in [0.5, 0.6) is 5.88 Å². The number of aromatic nitrogens is 2. The highest BCUT2D eigenvalue weighted by Crippen LogP contribution is 2.26. The Bertz CT molecular complexity index is 477. The summed E-state index contributed by atoms with van der Waals surface area (Å²) in [5.74, 6) is 0.457. The number of halogens is 2. The van der Waals surface area contributed by atoms with Crippen LogP contribution in [0.2, 0.25) is 10.0 Å². The van der Waals surface area contributed by atoms with Crippen molar-refractivity contribution in [3.63, 3.8) is 0 Å². The lowest BCUT2D eigenvalue weighted by molar-refractivity contribution is 0.290. The van der Waals surface area contributed by atoms with Crippen LogP contribution in [0.15, 0.2) is 36.5 Å². The monoisotopic (exact) mass is 254 g/mol. The fourth-order valence-electron chi connectivity index (χ4n) is 1.18. The van der Waals surface area contributed by atoms with Gasteiger partial charge in [-0.15, -0.1) is 5.10 Å². The molecule has 0 fully saturated rings. The molecule has 0 aliphatic rings. The molecule has 0 unspecified atom stereocenters. The van der Waals surface area contributed by atoms with Gasteiger partial charge < -0.3 is 4.74 Å². The van der Waals surface area contributed by atoms with Crippen LogP contribution in [0.1, 0.15) is 5.56 Å². The highest BCUT2D eigenvalue weighted by Gasteiger charge is 2.05. The van der Waals surface area contributed by atoms with Crippen molar-refractivity contribution in [1.29, 1.82) is 0 Å². The third-order valence-corrected chi connectivity index (χ3v) is 2.81. The molecule has 1 aromatic carbocycles. The summed E-state index contributed by atoms with van der Waals surface area (Å²) < 4.78 is 5.41. The molecule has 0 amide bonds. The number of benzene rings is 1. The van der Waals surface area contributed by atoms with Crippen LogP contribution >= 0.6 is 23.2 Å². The molecule has 0 spiro atoms. The molecule has 16 heavy (non-hydrogen) atoms. The van der Waals surface area contributed by atoms with Gasteiger partial charge in [0.05, 0.1) is 10.0 Å². The summed E-state index contributed by atoms with van der Waals surface area (Å²) in [6.45, 7) is 0.318. The van der Waals surface area contributed by atoms with Crippen LogP contribution in [0, 0.1) is 0 Å². The topological polar surface area (TPSA) is 35.0 Å². The summed E-state index contributed by atoms with van der Waals surface area (Å²) in [5.41, 5.74) is 0.819. The van der Waals surface area contributed by atoms with E-state index in [9.17, 15) is 0 Å². The molecule has 0 saturated carbocycles. The van der Waals surface area contributed by atoms with Crippen LogP contribution < -0.4 is 4.74 Å². The van der Waals surface area contributed by atoms with Crippen LogP contribution in [-0.2, 0) is 6.61 Å². The Balaban J connectivity index is 2.08. The number of rotatable bonds is 3. The fourth-order valence-corrected chi connectivity index (χ4v) is 1.55. The van der Waals surface area contributed by atoms with Gasteiger partial charge in [-0.25, -0.2) is 0 Å². The van der Waals surface area contributed by atoms with Gasteiger partial charge in [0, 0.05) is 17.8 Å². The minimum absolute atomic E-state index is 0.318. The first-order valence-corrected chi connectivity index (χ1v) is 5.36. The predicted molar refractivity (Wildman–Crippen MR) is 62.8 cm³/mol. The van der Waals surface area contributed by atoms with Gasteiger partial charge in [-0.1, -0.05) is 35.3 Å². The smallest absolute Gasteiger partial charge is 0.233 e. The minimum atomic E-state index is 0.318. The lowest BCUT2D eigenvalue weighted by Gasteiger charge is -2.06. The molecule has 82 valence electrons. The molecule has 2 rings (SSSR count). The lowest BCUT2D eigenvalue weighted by atomic mass is 10.2. The molecule has 2 aromatic rings. The van der Waals surface area contributed by atoms with E-state index in [2.05, 4.69) is 10.2 Å². The van der Waals surface area contributed by atoms with Crippen molar-refractivity contribution in [2.45, 2.75) is 6.61 Å². The summed E-state index contributed by atoms with van der Waals surface area (Å²) >= 11 is 11.9. The standard InChI is InChI=1S/C11H8Cl2N2O/c12-9-4-1-3-8(11(9)13)7-16-10-5-2-6-14-15-10/h1-6H,7H2. The van der Waals surface area contributed by atoms with Gasteiger partial charge in [0.15, 0.2) is 0 Å². The molecule has 0 N–H and O–H groups in total. The highest BCUT2D eigenvalue weighted by molar-refractivity contribution is 6.42. The lowest BCUT2D eigenvalue weighted by Crippen LogP contribution is -1.98. The van der Waals surface area contributed by atoms with E-state index < -0.39 is 0 Å². The summed E-state index contributed by atoms with van der Waals surface area (Å²) in [7, 11) is 0. The zero-order valence-corrected chi connectivity index (χ0v) is 9.74. The van der Waals surface area contributed by atoms with Gasteiger partial charge in [0.2, 0.25) is 5.88 Å². The fraction of sp³-hybridized carbons (Fsp3) is 0.0909. The maximum Gasteiger partial charge on any atom is 0.233 e. The molecular formula is C11H8Cl2N2O. The van der Waals surface area contributed by atoms with Crippen LogP contribution in [0.3, 0.4) is 0 Å². The maximum absolute atomic E-state index is 6.01. The van der Waals surface area contributed by atoms with E-state index >= 15 is 0 Å². The average Bonchev–Trinajstić information content (AvgIpc) is 2.32. The summed E-state index contributed by atoms with van der Waals surface area (Å²) in [6.07, 6.45) is 1.58. The first-order valence-electron chi connectivity index (χ1n) is 4.61. The molecule has 0 bridgehead atoms. The Labute approximate surface area is 103 Å². The van der Waals surface area contributed by atoms with Crippen LogP contribution in [0.4, 0.5) is 0 Å². The number of ether oxygens (including phenoxy) is 1. The van der Waals surface area contributed by atoms with Gasteiger partial charge >= 0.3 is 0 Å². The Morgan fingerprint density at radius 3 is 2.75 bits per heavy atom. The Kier molecular flexibility index (Phi) is 3.59.